The highest BCUT2D eigenvalue weighted by molar-refractivity contribution is 7.10. The summed E-state index contributed by atoms with van der Waals surface area (Å²) in [6.45, 7) is 5.51. The first-order valence-corrected chi connectivity index (χ1v) is 7.91. The highest BCUT2D eigenvalue weighted by Crippen LogP contribution is 2.27. The second-order valence-electron chi connectivity index (χ2n) is 4.73. The highest BCUT2D eigenvalue weighted by atomic mass is 32.1. The number of thiophene rings is 1. The summed E-state index contributed by atoms with van der Waals surface area (Å²) in [6, 6.07) is 6.91. The summed E-state index contributed by atoms with van der Waals surface area (Å²) >= 11 is 1.87. The van der Waals surface area contributed by atoms with Crippen molar-refractivity contribution in [2.24, 2.45) is 0 Å². The number of nitrogens with one attached hydrogen (secondary N) is 1. The van der Waals surface area contributed by atoms with Crippen LogP contribution in [-0.2, 0) is 12.8 Å². The van der Waals surface area contributed by atoms with Gasteiger partial charge < -0.3 is 5.32 Å². The fourth-order valence-electron chi connectivity index (χ4n) is 2.28. The first kappa shape index (κ1) is 14.2. The first-order chi connectivity index (χ1) is 9.35. The van der Waals surface area contributed by atoms with Crippen LogP contribution in [0.4, 0.5) is 0 Å². The number of hydrogen-bond acceptors (Lipinski definition) is 3. The molecule has 3 heteroatoms. The van der Waals surface area contributed by atoms with Crippen molar-refractivity contribution < 1.29 is 0 Å². The van der Waals surface area contributed by atoms with Gasteiger partial charge in [0.05, 0.1) is 0 Å². The van der Waals surface area contributed by atoms with E-state index in [1.54, 1.807) is 0 Å². The minimum Gasteiger partial charge on any atom is -0.309 e. The van der Waals surface area contributed by atoms with Crippen LogP contribution < -0.4 is 5.32 Å². The molecule has 0 fully saturated rings. The molecule has 2 aromatic heterocycles. The van der Waals surface area contributed by atoms with Crippen molar-refractivity contribution in [2.75, 3.05) is 6.54 Å². The summed E-state index contributed by atoms with van der Waals surface area (Å²) in [6.07, 6.45) is 7.07. The van der Waals surface area contributed by atoms with Gasteiger partial charge in [0, 0.05) is 23.3 Å². The van der Waals surface area contributed by atoms with Gasteiger partial charge in [0.25, 0.3) is 0 Å². The Morgan fingerprint density at radius 1 is 1.21 bits per heavy atom. The van der Waals surface area contributed by atoms with E-state index in [-0.39, 0.29) is 0 Å². The van der Waals surface area contributed by atoms with E-state index < -0.39 is 0 Å². The Hall–Kier alpha value is -1.19. The smallest absolute Gasteiger partial charge is 0.0458 e. The third kappa shape index (κ3) is 3.88. The minimum absolute atomic E-state index is 0.428. The van der Waals surface area contributed by atoms with Crippen LogP contribution in [-0.4, -0.2) is 11.5 Å². The molecule has 0 saturated heterocycles. The van der Waals surface area contributed by atoms with E-state index >= 15 is 0 Å². The van der Waals surface area contributed by atoms with Gasteiger partial charge in [-0.1, -0.05) is 13.8 Å². The Kier molecular flexibility index (Phi) is 5.55. The van der Waals surface area contributed by atoms with Crippen LogP contribution in [0.15, 0.2) is 36.0 Å². The molecule has 1 atom stereocenters. The van der Waals surface area contributed by atoms with Crippen molar-refractivity contribution in [1.29, 1.82) is 0 Å². The van der Waals surface area contributed by atoms with Crippen LogP contribution in [0.3, 0.4) is 0 Å². The molecule has 0 bridgehead atoms. The molecule has 1 N–H and O–H groups in total. The van der Waals surface area contributed by atoms with Crippen molar-refractivity contribution in [1.82, 2.24) is 10.3 Å². The third-order valence-corrected chi connectivity index (χ3v) is 4.38. The molecule has 0 spiro atoms. The van der Waals surface area contributed by atoms with E-state index in [2.05, 4.69) is 47.7 Å². The average Bonchev–Trinajstić information content (AvgIpc) is 2.93. The number of hydrogen-bond donors (Lipinski definition) is 1. The molecule has 0 radical (unpaired) electrons. The Morgan fingerprint density at radius 2 is 2.00 bits per heavy atom. The zero-order chi connectivity index (χ0) is 13.5. The van der Waals surface area contributed by atoms with Gasteiger partial charge in [-0.3, -0.25) is 4.98 Å². The van der Waals surface area contributed by atoms with Crippen LogP contribution in [0.25, 0.3) is 0 Å². The molecular weight excluding hydrogens is 252 g/mol. The van der Waals surface area contributed by atoms with Crippen molar-refractivity contribution in [3.63, 3.8) is 0 Å². The molecule has 0 aliphatic carbocycles. The Balaban J connectivity index is 2.16. The maximum Gasteiger partial charge on any atom is 0.0458 e. The molecule has 2 heterocycles. The van der Waals surface area contributed by atoms with Gasteiger partial charge in [-0.05, 0) is 60.5 Å². The number of aryl methyl sites for hydroxylation is 1. The number of rotatable bonds is 7. The summed E-state index contributed by atoms with van der Waals surface area (Å²) < 4.78 is 0. The van der Waals surface area contributed by atoms with Gasteiger partial charge >= 0.3 is 0 Å². The minimum atomic E-state index is 0.428. The SMILES string of the molecule is CCCNC(Cc1ccncc1)c1sccc1CC. The van der Waals surface area contributed by atoms with Crippen LogP contribution >= 0.6 is 11.3 Å². The maximum absolute atomic E-state index is 4.09. The summed E-state index contributed by atoms with van der Waals surface area (Å²) in [5.41, 5.74) is 2.83. The van der Waals surface area contributed by atoms with Crippen LogP contribution in [0.1, 0.15) is 42.3 Å². The van der Waals surface area contributed by atoms with E-state index in [9.17, 15) is 0 Å². The van der Waals surface area contributed by atoms with Gasteiger partial charge in [-0.15, -0.1) is 11.3 Å². The number of nitrogens with zero attached hydrogens (tertiary/aromatic N) is 1. The molecule has 0 aromatic carbocycles. The summed E-state index contributed by atoms with van der Waals surface area (Å²) in [7, 11) is 0. The second-order valence-corrected chi connectivity index (χ2v) is 5.68. The summed E-state index contributed by atoms with van der Waals surface area (Å²) in [4.78, 5) is 5.59. The van der Waals surface area contributed by atoms with Crippen molar-refractivity contribution >= 4 is 11.3 Å². The van der Waals surface area contributed by atoms with Crippen LogP contribution in [0.5, 0.6) is 0 Å². The molecule has 102 valence electrons. The molecule has 0 amide bonds. The Bertz CT molecular complexity index is 479. The lowest BCUT2D eigenvalue weighted by atomic mass is 10.0. The summed E-state index contributed by atoms with van der Waals surface area (Å²) in [5, 5.41) is 5.89. The average molecular weight is 274 g/mol. The lowest BCUT2D eigenvalue weighted by molar-refractivity contribution is 0.533. The van der Waals surface area contributed by atoms with Gasteiger partial charge in [0.2, 0.25) is 0 Å². The fraction of sp³-hybridized carbons (Fsp3) is 0.438. The molecule has 2 nitrogen and oxygen atoms in total. The molecule has 0 aliphatic rings. The standard InChI is InChI=1S/C16H22N2S/c1-3-8-18-15(12-13-5-9-17-10-6-13)16-14(4-2)7-11-19-16/h5-7,9-11,15,18H,3-4,8,12H2,1-2H3. The fourth-order valence-corrected chi connectivity index (χ4v) is 3.35. The third-order valence-electron chi connectivity index (χ3n) is 3.31. The topological polar surface area (TPSA) is 24.9 Å². The highest BCUT2D eigenvalue weighted by Gasteiger charge is 2.16. The van der Waals surface area contributed by atoms with Gasteiger partial charge in [0.1, 0.15) is 0 Å². The van der Waals surface area contributed by atoms with E-state index in [1.165, 1.54) is 22.4 Å². The monoisotopic (exact) mass is 274 g/mol. The molecule has 0 saturated carbocycles. The van der Waals surface area contributed by atoms with Crippen molar-refractivity contribution in [2.45, 2.75) is 39.2 Å². The van der Waals surface area contributed by atoms with Gasteiger partial charge in [-0.2, -0.15) is 0 Å². The van der Waals surface area contributed by atoms with E-state index in [4.69, 9.17) is 0 Å². The van der Waals surface area contributed by atoms with E-state index in [0.717, 1.165) is 19.4 Å². The van der Waals surface area contributed by atoms with E-state index in [0.29, 0.717) is 6.04 Å². The lowest BCUT2D eigenvalue weighted by Gasteiger charge is -2.19. The Labute approximate surface area is 119 Å². The second kappa shape index (κ2) is 7.41. The molecule has 0 aliphatic heterocycles. The summed E-state index contributed by atoms with van der Waals surface area (Å²) in [5.74, 6) is 0. The zero-order valence-corrected chi connectivity index (χ0v) is 12.5. The molecule has 1 unspecified atom stereocenters. The maximum atomic E-state index is 4.09. The number of pyridine rings is 1. The largest absolute Gasteiger partial charge is 0.309 e. The molecule has 2 aromatic rings. The van der Waals surface area contributed by atoms with E-state index in [1.807, 2.05) is 23.7 Å². The lowest BCUT2D eigenvalue weighted by Crippen LogP contribution is -2.24. The molecular formula is C16H22N2S. The first-order valence-electron chi connectivity index (χ1n) is 7.03. The molecule has 2 rings (SSSR count). The number of aromatic nitrogens is 1. The van der Waals surface area contributed by atoms with Crippen LogP contribution in [0.2, 0.25) is 0 Å². The van der Waals surface area contributed by atoms with Gasteiger partial charge in [-0.25, -0.2) is 0 Å². The predicted molar refractivity (Wildman–Crippen MR) is 82.7 cm³/mol. The Morgan fingerprint density at radius 3 is 2.68 bits per heavy atom. The molecule has 19 heavy (non-hydrogen) atoms. The van der Waals surface area contributed by atoms with Crippen molar-refractivity contribution in [3.05, 3.63) is 52.0 Å². The van der Waals surface area contributed by atoms with Crippen molar-refractivity contribution in [3.8, 4) is 0 Å². The zero-order valence-electron chi connectivity index (χ0n) is 11.7. The predicted octanol–water partition coefficient (Wildman–Crippen LogP) is 3.99. The quantitative estimate of drug-likeness (QED) is 0.826. The normalized spacial score (nSPS) is 12.5. The van der Waals surface area contributed by atoms with Gasteiger partial charge in [0.15, 0.2) is 0 Å². The van der Waals surface area contributed by atoms with Crippen LogP contribution in [0, 0.1) is 0 Å².